The lowest BCUT2D eigenvalue weighted by molar-refractivity contribution is 0.0696. The minimum atomic E-state index is -0.995. The highest BCUT2D eigenvalue weighted by molar-refractivity contribution is 5.94. The van der Waals surface area contributed by atoms with Crippen LogP contribution in [0.4, 0.5) is 5.69 Å². The molecule has 8 heteroatoms. The molecule has 0 atom stereocenters. The smallest absolute Gasteiger partial charge is 0.335 e. The van der Waals surface area contributed by atoms with Crippen molar-refractivity contribution in [3.8, 4) is 12.3 Å². The third-order valence-corrected chi connectivity index (χ3v) is 5.69. The number of carbonyl (C=O) groups excluding carboxylic acids is 1. The zero-order chi connectivity index (χ0) is 25.7. The molecule has 0 aliphatic rings. The number of carboxylic acids is 1. The molecular formula is C28H24N4O4. The number of carbonyl (C=O) groups is 2. The Morgan fingerprint density at radius 1 is 1.03 bits per heavy atom. The molecule has 3 N–H and O–H groups in total. The number of nitrogens with one attached hydrogen (secondary N) is 2. The maximum atomic E-state index is 12.6. The molecule has 3 aromatic carbocycles. The van der Waals surface area contributed by atoms with Gasteiger partial charge in [0.2, 0.25) is 0 Å². The number of hydrogen-bond acceptors (Lipinski definition) is 5. The first kappa shape index (κ1) is 24.2. The predicted molar refractivity (Wildman–Crippen MR) is 138 cm³/mol. The predicted octanol–water partition coefficient (Wildman–Crippen LogP) is 3.50. The summed E-state index contributed by atoms with van der Waals surface area (Å²) >= 11 is 0. The van der Waals surface area contributed by atoms with Crippen LogP contribution in [0, 0.1) is 19.3 Å². The summed E-state index contributed by atoms with van der Waals surface area (Å²) in [6.07, 6.45) is 5.60. The summed E-state index contributed by atoms with van der Waals surface area (Å²) < 4.78 is 0. The number of aromatic carboxylic acids is 1. The largest absolute Gasteiger partial charge is 0.478 e. The Bertz CT molecular complexity index is 1520. The van der Waals surface area contributed by atoms with Crippen molar-refractivity contribution in [3.05, 3.63) is 105 Å². The second-order valence-corrected chi connectivity index (χ2v) is 8.29. The number of anilines is 1. The quantitative estimate of drug-likeness (QED) is 0.333. The summed E-state index contributed by atoms with van der Waals surface area (Å²) in [5.41, 5.74) is 3.67. The van der Waals surface area contributed by atoms with Gasteiger partial charge in [-0.1, -0.05) is 24.1 Å². The van der Waals surface area contributed by atoms with Crippen molar-refractivity contribution in [2.75, 3.05) is 11.4 Å². The number of aromatic nitrogens is 2. The maximum Gasteiger partial charge on any atom is 0.335 e. The molecule has 1 aromatic heterocycles. The Morgan fingerprint density at radius 2 is 1.69 bits per heavy atom. The van der Waals surface area contributed by atoms with Crippen molar-refractivity contribution in [3.63, 3.8) is 0 Å². The van der Waals surface area contributed by atoms with E-state index in [-0.39, 0.29) is 23.6 Å². The number of amides is 1. The van der Waals surface area contributed by atoms with Crippen molar-refractivity contribution in [1.29, 1.82) is 0 Å². The van der Waals surface area contributed by atoms with Gasteiger partial charge in [-0.2, -0.15) is 0 Å². The SMILES string of the molecule is C#CCN(Cc1ccc2nc(C)[nH]c(=O)c2c1)c1ccc(C(=O)NCc2ccc(C(=O)O)cc2)cc1. The van der Waals surface area contributed by atoms with Gasteiger partial charge >= 0.3 is 5.97 Å². The Kier molecular flexibility index (Phi) is 7.12. The Balaban J connectivity index is 1.44. The van der Waals surface area contributed by atoms with Gasteiger partial charge in [0.15, 0.2) is 0 Å². The lowest BCUT2D eigenvalue weighted by Crippen LogP contribution is -2.24. The maximum absolute atomic E-state index is 12.6. The van der Waals surface area contributed by atoms with Gasteiger partial charge in [-0.15, -0.1) is 6.42 Å². The van der Waals surface area contributed by atoms with Crippen LogP contribution in [0.15, 0.2) is 71.5 Å². The monoisotopic (exact) mass is 480 g/mol. The van der Waals surface area contributed by atoms with Crippen LogP contribution in [0.3, 0.4) is 0 Å². The lowest BCUT2D eigenvalue weighted by Gasteiger charge is -2.23. The van der Waals surface area contributed by atoms with E-state index in [9.17, 15) is 14.4 Å². The van der Waals surface area contributed by atoms with Crippen LogP contribution >= 0.6 is 0 Å². The second-order valence-electron chi connectivity index (χ2n) is 8.29. The van der Waals surface area contributed by atoms with Crippen molar-refractivity contribution in [1.82, 2.24) is 15.3 Å². The summed E-state index contributed by atoms with van der Waals surface area (Å²) in [7, 11) is 0. The van der Waals surface area contributed by atoms with Gasteiger partial charge in [-0.3, -0.25) is 9.59 Å². The van der Waals surface area contributed by atoms with Crippen LogP contribution in [-0.4, -0.2) is 33.5 Å². The van der Waals surface area contributed by atoms with E-state index < -0.39 is 5.97 Å². The third kappa shape index (κ3) is 5.59. The van der Waals surface area contributed by atoms with Crippen LogP contribution in [-0.2, 0) is 13.1 Å². The highest BCUT2D eigenvalue weighted by Gasteiger charge is 2.11. The molecule has 4 rings (SSSR count). The molecule has 0 bridgehead atoms. The summed E-state index contributed by atoms with van der Waals surface area (Å²) in [5.74, 6) is 1.98. The molecule has 8 nitrogen and oxygen atoms in total. The highest BCUT2D eigenvalue weighted by Crippen LogP contribution is 2.20. The molecule has 0 spiro atoms. The Hall–Kier alpha value is -4.90. The number of aryl methyl sites for hydroxylation is 1. The molecule has 0 aliphatic heterocycles. The number of H-pyrrole nitrogens is 1. The van der Waals surface area contributed by atoms with Crippen LogP contribution < -0.4 is 15.8 Å². The van der Waals surface area contributed by atoms with Crippen molar-refractivity contribution in [2.45, 2.75) is 20.0 Å². The second kappa shape index (κ2) is 10.6. The highest BCUT2D eigenvalue weighted by atomic mass is 16.4. The first-order valence-electron chi connectivity index (χ1n) is 11.2. The van der Waals surface area contributed by atoms with E-state index in [1.165, 1.54) is 12.1 Å². The van der Waals surface area contributed by atoms with Crippen LogP contribution in [0.25, 0.3) is 10.9 Å². The van der Waals surface area contributed by atoms with Crippen LogP contribution in [0.5, 0.6) is 0 Å². The normalized spacial score (nSPS) is 10.6. The minimum Gasteiger partial charge on any atom is -0.478 e. The molecule has 1 amide bonds. The average molecular weight is 481 g/mol. The number of hydrogen-bond donors (Lipinski definition) is 3. The van der Waals surface area contributed by atoms with Gasteiger partial charge in [0.05, 0.1) is 23.0 Å². The van der Waals surface area contributed by atoms with E-state index in [0.717, 1.165) is 16.8 Å². The molecule has 1 heterocycles. The lowest BCUT2D eigenvalue weighted by atomic mass is 10.1. The van der Waals surface area contributed by atoms with Gasteiger partial charge in [0, 0.05) is 24.3 Å². The Morgan fingerprint density at radius 3 is 2.36 bits per heavy atom. The van der Waals surface area contributed by atoms with E-state index >= 15 is 0 Å². The van der Waals surface area contributed by atoms with Crippen molar-refractivity contribution >= 4 is 28.5 Å². The molecule has 0 radical (unpaired) electrons. The molecule has 0 unspecified atom stereocenters. The van der Waals surface area contributed by atoms with E-state index in [2.05, 4.69) is 21.2 Å². The van der Waals surface area contributed by atoms with E-state index in [4.69, 9.17) is 11.5 Å². The standard InChI is InChI=1S/C28H24N4O4/c1-3-14-32(17-20-6-13-25-24(15-20)27(34)31-18(2)30-25)23-11-9-21(10-12-23)26(33)29-16-19-4-7-22(8-5-19)28(35)36/h1,4-13,15H,14,16-17H2,2H3,(H,29,33)(H,35,36)(H,30,31,34). The molecule has 0 saturated carbocycles. The first-order chi connectivity index (χ1) is 17.3. The zero-order valence-electron chi connectivity index (χ0n) is 19.6. The van der Waals surface area contributed by atoms with Gasteiger partial charge in [-0.25, -0.2) is 9.78 Å². The fourth-order valence-electron chi connectivity index (χ4n) is 3.84. The molecule has 0 saturated heterocycles. The fraction of sp³-hybridized carbons (Fsp3) is 0.143. The van der Waals surface area contributed by atoms with Gasteiger partial charge in [0.1, 0.15) is 5.82 Å². The van der Waals surface area contributed by atoms with E-state index in [0.29, 0.717) is 35.4 Å². The summed E-state index contributed by atoms with van der Waals surface area (Å²) in [6, 6.07) is 19.0. The zero-order valence-corrected chi connectivity index (χ0v) is 19.6. The van der Waals surface area contributed by atoms with Gasteiger partial charge in [-0.05, 0) is 66.6 Å². The topological polar surface area (TPSA) is 115 Å². The van der Waals surface area contributed by atoms with Gasteiger partial charge in [0.25, 0.3) is 11.5 Å². The number of carboxylic acid groups (broad SMARTS) is 1. The summed E-state index contributed by atoms with van der Waals surface area (Å²) in [5, 5.41) is 12.3. The minimum absolute atomic E-state index is 0.184. The first-order valence-corrected chi connectivity index (χ1v) is 11.2. The number of nitrogens with zero attached hydrogens (tertiary/aromatic N) is 2. The van der Waals surface area contributed by atoms with Crippen molar-refractivity contribution < 1.29 is 14.7 Å². The average Bonchev–Trinajstić information content (AvgIpc) is 2.87. The number of terminal acetylenes is 1. The van der Waals surface area contributed by atoms with Crippen LogP contribution in [0.1, 0.15) is 37.7 Å². The van der Waals surface area contributed by atoms with Gasteiger partial charge < -0.3 is 20.3 Å². The van der Waals surface area contributed by atoms with Crippen LogP contribution in [0.2, 0.25) is 0 Å². The molecule has 36 heavy (non-hydrogen) atoms. The number of benzene rings is 3. The molecule has 180 valence electrons. The van der Waals surface area contributed by atoms with E-state index in [1.807, 2.05) is 35.2 Å². The van der Waals surface area contributed by atoms with E-state index in [1.54, 1.807) is 31.2 Å². The number of aromatic amines is 1. The number of rotatable bonds is 8. The fourth-order valence-corrected chi connectivity index (χ4v) is 3.84. The summed E-state index contributed by atoms with van der Waals surface area (Å²) in [6.45, 7) is 2.84. The summed E-state index contributed by atoms with van der Waals surface area (Å²) in [4.78, 5) is 44.9. The molecule has 0 aliphatic carbocycles. The molecule has 4 aromatic rings. The van der Waals surface area contributed by atoms with Crippen molar-refractivity contribution in [2.24, 2.45) is 0 Å². The number of fused-ring (bicyclic) bond motifs is 1. The molecular weight excluding hydrogens is 456 g/mol. The third-order valence-electron chi connectivity index (χ3n) is 5.69. The Labute approximate surface area is 207 Å². The molecule has 0 fully saturated rings.